The van der Waals surface area contributed by atoms with E-state index in [4.69, 9.17) is 4.74 Å². The average Bonchev–Trinajstić information content (AvgIpc) is 2.77. The molecular formula is C21H26N2O. The largest absolute Gasteiger partial charge is 0.490 e. The van der Waals surface area contributed by atoms with Gasteiger partial charge in [-0.3, -0.25) is 0 Å². The molecule has 0 aliphatic carbocycles. The second-order valence-corrected chi connectivity index (χ2v) is 7.11. The quantitative estimate of drug-likeness (QED) is 0.878. The zero-order chi connectivity index (χ0) is 16.5. The van der Waals surface area contributed by atoms with Crippen molar-refractivity contribution in [2.75, 3.05) is 18.4 Å². The number of hydrogen-bond acceptors (Lipinski definition) is 3. The molecule has 1 saturated heterocycles. The van der Waals surface area contributed by atoms with Crippen molar-refractivity contribution in [2.24, 2.45) is 0 Å². The highest BCUT2D eigenvalue weighted by atomic mass is 16.5. The van der Waals surface area contributed by atoms with Crippen LogP contribution >= 0.6 is 0 Å². The van der Waals surface area contributed by atoms with Crippen molar-refractivity contribution in [3.8, 4) is 16.9 Å². The van der Waals surface area contributed by atoms with Gasteiger partial charge < -0.3 is 15.4 Å². The molecule has 2 N–H and O–H groups in total. The summed E-state index contributed by atoms with van der Waals surface area (Å²) in [4.78, 5) is 0. The van der Waals surface area contributed by atoms with E-state index in [2.05, 4.69) is 66.9 Å². The van der Waals surface area contributed by atoms with Gasteiger partial charge in [-0.05, 0) is 63.0 Å². The fourth-order valence-electron chi connectivity index (χ4n) is 4.13. The molecule has 2 heterocycles. The Balaban J connectivity index is 1.81. The molecule has 24 heavy (non-hydrogen) atoms. The predicted octanol–water partition coefficient (Wildman–Crippen LogP) is 4.40. The van der Waals surface area contributed by atoms with Crippen LogP contribution in [0.2, 0.25) is 0 Å². The summed E-state index contributed by atoms with van der Waals surface area (Å²) in [5.41, 5.74) is 5.32. The molecule has 2 aromatic carbocycles. The van der Waals surface area contributed by atoms with Gasteiger partial charge in [-0.2, -0.15) is 0 Å². The second-order valence-electron chi connectivity index (χ2n) is 7.11. The first-order chi connectivity index (χ1) is 11.7. The standard InChI is InChI=1S/C21H26N2O/c1-14(2)24-20-9-4-3-6-15(20)16-7-5-8-19-21(16)17-10-12-22-13-11-18(17)23-19/h3-9,14,17-18,22-23H,10-13H2,1-2H3/t17-,18-/m0/s1. The highest BCUT2D eigenvalue weighted by Crippen LogP contribution is 2.46. The molecule has 3 heteroatoms. The van der Waals surface area contributed by atoms with Gasteiger partial charge in [0.1, 0.15) is 5.75 Å². The van der Waals surface area contributed by atoms with Crippen LogP contribution in [0.5, 0.6) is 5.75 Å². The third-order valence-corrected chi connectivity index (χ3v) is 5.11. The molecule has 126 valence electrons. The third-order valence-electron chi connectivity index (χ3n) is 5.11. The van der Waals surface area contributed by atoms with Crippen molar-refractivity contribution in [1.82, 2.24) is 5.32 Å². The summed E-state index contributed by atoms with van der Waals surface area (Å²) in [5.74, 6) is 1.56. The van der Waals surface area contributed by atoms with Crippen molar-refractivity contribution in [3.63, 3.8) is 0 Å². The first-order valence-corrected chi connectivity index (χ1v) is 9.10. The van der Waals surface area contributed by atoms with E-state index >= 15 is 0 Å². The fourth-order valence-corrected chi connectivity index (χ4v) is 4.13. The van der Waals surface area contributed by atoms with Crippen LogP contribution in [0, 0.1) is 0 Å². The molecule has 4 rings (SSSR count). The number of hydrogen-bond donors (Lipinski definition) is 2. The Morgan fingerprint density at radius 1 is 0.958 bits per heavy atom. The monoisotopic (exact) mass is 322 g/mol. The molecule has 0 amide bonds. The summed E-state index contributed by atoms with van der Waals surface area (Å²) >= 11 is 0. The van der Waals surface area contributed by atoms with Crippen LogP contribution in [0.4, 0.5) is 5.69 Å². The fraction of sp³-hybridized carbons (Fsp3) is 0.429. The van der Waals surface area contributed by atoms with Crippen molar-refractivity contribution in [1.29, 1.82) is 0 Å². The van der Waals surface area contributed by atoms with Crippen LogP contribution in [0.25, 0.3) is 11.1 Å². The van der Waals surface area contributed by atoms with E-state index in [9.17, 15) is 0 Å². The van der Waals surface area contributed by atoms with E-state index in [-0.39, 0.29) is 6.10 Å². The van der Waals surface area contributed by atoms with Gasteiger partial charge >= 0.3 is 0 Å². The van der Waals surface area contributed by atoms with Gasteiger partial charge in [-0.15, -0.1) is 0 Å². The highest BCUT2D eigenvalue weighted by molar-refractivity contribution is 5.81. The molecule has 2 aromatic rings. The Labute approximate surface area is 144 Å². The van der Waals surface area contributed by atoms with Gasteiger partial charge in [0.2, 0.25) is 0 Å². The lowest BCUT2D eigenvalue weighted by Crippen LogP contribution is -2.21. The zero-order valence-electron chi connectivity index (χ0n) is 14.5. The maximum absolute atomic E-state index is 6.09. The molecule has 0 saturated carbocycles. The molecule has 0 unspecified atom stereocenters. The van der Waals surface area contributed by atoms with Crippen LogP contribution in [0.3, 0.4) is 0 Å². The topological polar surface area (TPSA) is 33.3 Å². The number of nitrogens with one attached hydrogen (secondary N) is 2. The maximum Gasteiger partial charge on any atom is 0.127 e. The molecule has 1 fully saturated rings. The smallest absolute Gasteiger partial charge is 0.127 e. The summed E-state index contributed by atoms with van der Waals surface area (Å²) in [6.07, 6.45) is 2.55. The number of ether oxygens (including phenoxy) is 1. The summed E-state index contributed by atoms with van der Waals surface area (Å²) in [6, 6.07) is 15.6. The Bertz CT molecular complexity index is 726. The molecule has 3 nitrogen and oxygen atoms in total. The molecule has 0 aromatic heterocycles. The summed E-state index contributed by atoms with van der Waals surface area (Å²) < 4.78 is 6.09. The zero-order valence-corrected chi connectivity index (χ0v) is 14.5. The lowest BCUT2D eigenvalue weighted by Gasteiger charge is -2.20. The first kappa shape index (κ1) is 15.5. The first-order valence-electron chi connectivity index (χ1n) is 9.10. The van der Waals surface area contributed by atoms with E-state index in [0.29, 0.717) is 12.0 Å². The Hall–Kier alpha value is -2.00. The molecule has 2 aliphatic heterocycles. The molecular weight excluding hydrogens is 296 g/mol. The molecule has 0 spiro atoms. The van der Waals surface area contributed by atoms with E-state index < -0.39 is 0 Å². The van der Waals surface area contributed by atoms with E-state index in [1.54, 1.807) is 0 Å². The number of rotatable bonds is 3. The van der Waals surface area contributed by atoms with E-state index in [1.807, 2.05) is 0 Å². The number of para-hydroxylation sites is 1. The van der Waals surface area contributed by atoms with Gasteiger partial charge in [-0.1, -0.05) is 30.3 Å². The Morgan fingerprint density at radius 3 is 2.62 bits per heavy atom. The normalized spacial score (nSPS) is 22.5. The molecule has 0 radical (unpaired) electrons. The van der Waals surface area contributed by atoms with Crippen molar-refractivity contribution < 1.29 is 4.74 Å². The predicted molar refractivity (Wildman–Crippen MR) is 99.9 cm³/mol. The van der Waals surface area contributed by atoms with Crippen LogP contribution in [0.15, 0.2) is 42.5 Å². The average molecular weight is 322 g/mol. The van der Waals surface area contributed by atoms with E-state index in [0.717, 1.165) is 18.8 Å². The van der Waals surface area contributed by atoms with Crippen molar-refractivity contribution >= 4 is 5.69 Å². The molecule has 2 atom stereocenters. The van der Waals surface area contributed by atoms with Crippen LogP contribution in [-0.2, 0) is 0 Å². The minimum atomic E-state index is 0.177. The molecule has 0 bridgehead atoms. The van der Waals surface area contributed by atoms with Gasteiger partial charge in [0.25, 0.3) is 0 Å². The van der Waals surface area contributed by atoms with Crippen LogP contribution in [-0.4, -0.2) is 25.2 Å². The van der Waals surface area contributed by atoms with Crippen molar-refractivity contribution in [3.05, 3.63) is 48.0 Å². The van der Waals surface area contributed by atoms with Crippen LogP contribution < -0.4 is 15.4 Å². The van der Waals surface area contributed by atoms with Gasteiger partial charge in [0.05, 0.1) is 6.10 Å². The minimum Gasteiger partial charge on any atom is -0.490 e. The van der Waals surface area contributed by atoms with Gasteiger partial charge in [0, 0.05) is 23.2 Å². The van der Waals surface area contributed by atoms with E-state index in [1.165, 1.54) is 35.2 Å². The lowest BCUT2D eigenvalue weighted by atomic mass is 9.85. The third kappa shape index (κ3) is 2.78. The minimum absolute atomic E-state index is 0.177. The number of anilines is 1. The van der Waals surface area contributed by atoms with Crippen molar-refractivity contribution in [2.45, 2.75) is 44.8 Å². The summed E-state index contributed by atoms with van der Waals surface area (Å²) in [5, 5.41) is 7.30. The summed E-state index contributed by atoms with van der Waals surface area (Å²) in [7, 11) is 0. The van der Waals surface area contributed by atoms with Gasteiger partial charge in [-0.25, -0.2) is 0 Å². The highest BCUT2D eigenvalue weighted by Gasteiger charge is 2.35. The van der Waals surface area contributed by atoms with Gasteiger partial charge in [0.15, 0.2) is 0 Å². The SMILES string of the molecule is CC(C)Oc1ccccc1-c1cccc2c1[C@H]1CCNCC[C@@H]1N2. The number of fused-ring (bicyclic) bond motifs is 3. The summed E-state index contributed by atoms with van der Waals surface area (Å²) in [6.45, 7) is 6.37. The maximum atomic E-state index is 6.09. The second kappa shape index (κ2) is 6.48. The number of benzene rings is 2. The molecule has 2 aliphatic rings. The Kier molecular flexibility index (Phi) is 4.19. The lowest BCUT2D eigenvalue weighted by molar-refractivity contribution is 0.243. The Morgan fingerprint density at radius 2 is 1.75 bits per heavy atom. The van der Waals surface area contributed by atoms with Crippen LogP contribution in [0.1, 0.15) is 38.2 Å².